The molecule has 0 radical (unpaired) electrons. The first-order valence-corrected chi connectivity index (χ1v) is 5.94. The quantitative estimate of drug-likeness (QED) is 0.740. The Balaban J connectivity index is 1.89. The van der Waals surface area contributed by atoms with Gasteiger partial charge in [-0.05, 0) is 25.3 Å². The van der Waals surface area contributed by atoms with Gasteiger partial charge in [0.15, 0.2) is 0 Å². The lowest BCUT2D eigenvalue weighted by molar-refractivity contribution is 0.299. The second kappa shape index (κ2) is 5.17. The first kappa shape index (κ1) is 11.2. The summed E-state index contributed by atoms with van der Waals surface area (Å²) < 4.78 is 5.37. The van der Waals surface area contributed by atoms with Crippen LogP contribution >= 0.6 is 0 Å². The molecule has 16 heavy (non-hydrogen) atoms. The molecule has 0 aromatic heterocycles. The van der Waals surface area contributed by atoms with Crippen molar-refractivity contribution in [2.75, 3.05) is 6.61 Å². The van der Waals surface area contributed by atoms with E-state index in [4.69, 9.17) is 4.74 Å². The van der Waals surface area contributed by atoms with Crippen LogP contribution < -0.4 is 5.32 Å². The predicted molar refractivity (Wildman–Crippen MR) is 67.0 cm³/mol. The molecule has 0 bridgehead atoms. The zero-order valence-electron chi connectivity index (χ0n) is 9.83. The lowest BCUT2D eigenvalue weighted by Crippen LogP contribution is -2.15. The van der Waals surface area contributed by atoms with E-state index in [1.54, 1.807) is 0 Å². The van der Waals surface area contributed by atoms with Gasteiger partial charge in [-0.1, -0.05) is 30.8 Å². The van der Waals surface area contributed by atoms with Gasteiger partial charge >= 0.3 is 0 Å². The molecule has 1 saturated carbocycles. The Labute approximate surface area is 97.3 Å². The maximum atomic E-state index is 5.37. The fraction of sp³-hybridized carbons (Fsp3) is 0.429. The van der Waals surface area contributed by atoms with E-state index in [0.717, 1.165) is 23.9 Å². The molecule has 2 rings (SSSR count). The third-order valence-electron chi connectivity index (χ3n) is 2.77. The average Bonchev–Trinajstić information content (AvgIpc) is 3.11. The summed E-state index contributed by atoms with van der Waals surface area (Å²) in [4.78, 5) is 0. The Hall–Kier alpha value is -1.28. The van der Waals surface area contributed by atoms with Gasteiger partial charge in [0.25, 0.3) is 0 Å². The van der Waals surface area contributed by atoms with Crippen molar-refractivity contribution < 1.29 is 4.74 Å². The standard InChI is InChI=1S/C14H19NO/c1-3-16-11(2)13-6-4-12(5-7-13)10-15-14-8-9-14/h4-7,14-15H,2-3,8-10H2,1H3. The molecular weight excluding hydrogens is 198 g/mol. The summed E-state index contributed by atoms with van der Waals surface area (Å²) in [5.41, 5.74) is 2.39. The van der Waals surface area contributed by atoms with Crippen molar-refractivity contribution in [3.05, 3.63) is 42.0 Å². The Bertz CT molecular complexity index is 352. The summed E-state index contributed by atoms with van der Waals surface area (Å²) >= 11 is 0. The summed E-state index contributed by atoms with van der Waals surface area (Å²) in [6, 6.07) is 9.17. The van der Waals surface area contributed by atoms with Crippen LogP contribution in [-0.2, 0) is 11.3 Å². The van der Waals surface area contributed by atoms with Crippen LogP contribution in [0.1, 0.15) is 30.9 Å². The second-order valence-electron chi connectivity index (χ2n) is 4.21. The summed E-state index contributed by atoms with van der Waals surface area (Å²) in [7, 11) is 0. The van der Waals surface area contributed by atoms with Gasteiger partial charge in [-0.3, -0.25) is 0 Å². The van der Waals surface area contributed by atoms with E-state index >= 15 is 0 Å². The minimum Gasteiger partial charge on any atom is -0.494 e. The molecule has 1 aromatic carbocycles. The molecule has 0 spiro atoms. The molecule has 86 valence electrons. The molecule has 0 saturated heterocycles. The van der Waals surface area contributed by atoms with Gasteiger partial charge in [0, 0.05) is 18.2 Å². The molecular formula is C14H19NO. The number of hydrogen-bond acceptors (Lipinski definition) is 2. The van der Waals surface area contributed by atoms with E-state index in [1.165, 1.54) is 18.4 Å². The number of benzene rings is 1. The SMILES string of the molecule is C=C(OCC)c1ccc(CNC2CC2)cc1. The zero-order chi connectivity index (χ0) is 11.4. The van der Waals surface area contributed by atoms with Gasteiger partial charge < -0.3 is 10.1 Å². The van der Waals surface area contributed by atoms with Gasteiger partial charge in [-0.25, -0.2) is 0 Å². The molecule has 1 aliphatic carbocycles. The van der Waals surface area contributed by atoms with Crippen LogP contribution in [-0.4, -0.2) is 12.6 Å². The Morgan fingerprint density at radius 1 is 1.38 bits per heavy atom. The van der Waals surface area contributed by atoms with E-state index in [-0.39, 0.29) is 0 Å². The lowest BCUT2D eigenvalue weighted by Gasteiger charge is -2.08. The molecule has 0 unspecified atom stereocenters. The van der Waals surface area contributed by atoms with Crippen molar-refractivity contribution in [3.63, 3.8) is 0 Å². The zero-order valence-corrected chi connectivity index (χ0v) is 9.83. The maximum absolute atomic E-state index is 5.37. The van der Waals surface area contributed by atoms with Crippen molar-refractivity contribution in [1.29, 1.82) is 0 Å². The van der Waals surface area contributed by atoms with Crippen molar-refractivity contribution in [2.45, 2.75) is 32.4 Å². The van der Waals surface area contributed by atoms with Crippen LogP contribution in [0.25, 0.3) is 5.76 Å². The highest BCUT2D eigenvalue weighted by Crippen LogP contribution is 2.20. The van der Waals surface area contributed by atoms with E-state index in [1.807, 2.05) is 6.92 Å². The molecule has 0 atom stereocenters. The number of rotatable bonds is 6. The molecule has 0 aliphatic heterocycles. The fourth-order valence-corrected chi connectivity index (χ4v) is 1.62. The number of nitrogens with one attached hydrogen (secondary N) is 1. The summed E-state index contributed by atoms with van der Waals surface area (Å²) in [5.74, 6) is 0.754. The molecule has 2 heteroatoms. The van der Waals surface area contributed by atoms with E-state index < -0.39 is 0 Å². The van der Waals surface area contributed by atoms with Gasteiger partial charge in [0.1, 0.15) is 5.76 Å². The monoisotopic (exact) mass is 217 g/mol. The largest absolute Gasteiger partial charge is 0.494 e. The van der Waals surface area contributed by atoms with Gasteiger partial charge in [-0.2, -0.15) is 0 Å². The Morgan fingerprint density at radius 2 is 2.06 bits per heavy atom. The minimum absolute atomic E-state index is 0.670. The van der Waals surface area contributed by atoms with Crippen LogP contribution in [0.15, 0.2) is 30.8 Å². The first-order valence-electron chi connectivity index (χ1n) is 5.94. The summed E-state index contributed by atoms with van der Waals surface area (Å²) in [6.45, 7) is 7.50. The van der Waals surface area contributed by atoms with Gasteiger partial charge in [0.05, 0.1) is 6.61 Å². The van der Waals surface area contributed by atoms with Crippen LogP contribution in [0.2, 0.25) is 0 Å². The topological polar surface area (TPSA) is 21.3 Å². The average molecular weight is 217 g/mol. The van der Waals surface area contributed by atoms with E-state index in [0.29, 0.717) is 6.61 Å². The highest BCUT2D eigenvalue weighted by Gasteiger charge is 2.19. The third-order valence-corrected chi connectivity index (χ3v) is 2.77. The molecule has 1 aromatic rings. The molecule has 0 heterocycles. The smallest absolute Gasteiger partial charge is 0.119 e. The van der Waals surface area contributed by atoms with Gasteiger partial charge in [0.2, 0.25) is 0 Å². The number of ether oxygens (including phenoxy) is 1. The van der Waals surface area contributed by atoms with E-state index in [2.05, 4.69) is 36.2 Å². The van der Waals surface area contributed by atoms with Crippen LogP contribution in [0.4, 0.5) is 0 Å². The van der Waals surface area contributed by atoms with Crippen LogP contribution in [0.3, 0.4) is 0 Å². The highest BCUT2D eigenvalue weighted by molar-refractivity contribution is 5.57. The Morgan fingerprint density at radius 3 is 2.62 bits per heavy atom. The summed E-state index contributed by atoms with van der Waals surface area (Å²) in [5, 5.41) is 3.49. The van der Waals surface area contributed by atoms with E-state index in [9.17, 15) is 0 Å². The predicted octanol–water partition coefficient (Wildman–Crippen LogP) is 2.95. The molecule has 1 fully saturated rings. The molecule has 1 aliphatic rings. The third kappa shape index (κ3) is 3.11. The molecule has 1 N–H and O–H groups in total. The van der Waals surface area contributed by atoms with Gasteiger partial charge in [-0.15, -0.1) is 0 Å². The summed E-state index contributed by atoms with van der Waals surface area (Å²) in [6.07, 6.45) is 2.67. The second-order valence-corrected chi connectivity index (χ2v) is 4.21. The van der Waals surface area contributed by atoms with Crippen molar-refractivity contribution in [1.82, 2.24) is 5.32 Å². The molecule has 0 amide bonds. The van der Waals surface area contributed by atoms with Crippen LogP contribution in [0.5, 0.6) is 0 Å². The maximum Gasteiger partial charge on any atom is 0.119 e. The van der Waals surface area contributed by atoms with Crippen molar-refractivity contribution in [3.8, 4) is 0 Å². The Kier molecular flexibility index (Phi) is 3.62. The number of hydrogen-bond donors (Lipinski definition) is 1. The van der Waals surface area contributed by atoms with Crippen LogP contribution in [0, 0.1) is 0 Å². The highest BCUT2D eigenvalue weighted by atomic mass is 16.5. The fourth-order valence-electron chi connectivity index (χ4n) is 1.62. The molecule has 2 nitrogen and oxygen atoms in total. The van der Waals surface area contributed by atoms with Crippen molar-refractivity contribution in [2.24, 2.45) is 0 Å². The first-order chi connectivity index (χ1) is 7.79. The lowest BCUT2D eigenvalue weighted by atomic mass is 10.1. The normalized spacial score (nSPS) is 14.8. The minimum atomic E-state index is 0.670. The van der Waals surface area contributed by atoms with Crippen molar-refractivity contribution >= 4 is 5.76 Å².